The molecule has 6 heteroatoms. The van der Waals surface area contributed by atoms with Gasteiger partial charge in [-0.1, -0.05) is 36.4 Å². The van der Waals surface area contributed by atoms with Gasteiger partial charge in [0.05, 0.1) is 20.6 Å². The minimum absolute atomic E-state index is 0.459. The number of fused-ring (bicyclic) bond motifs is 1. The molecule has 1 aromatic heterocycles. The largest absolute Gasteiger partial charge is 0.424 e. The summed E-state index contributed by atoms with van der Waals surface area (Å²) in [6.07, 6.45) is 2.82. The number of nitrogens with one attached hydrogen (secondary N) is 1. The van der Waals surface area contributed by atoms with Crippen molar-refractivity contribution >= 4 is 18.5 Å². The number of hydrogen-bond donors (Lipinski definition) is 2. The monoisotopic (exact) mass is 373 g/mol. The summed E-state index contributed by atoms with van der Waals surface area (Å²) in [5.74, 6) is 0.459. The maximum atomic E-state index is 11.7. The smallest absolute Gasteiger partial charge is 0.373 e. The minimum Gasteiger partial charge on any atom is -0.424 e. The van der Waals surface area contributed by atoms with Crippen LogP contribution in [0.4, 0.5) is 0 Å². The van der Waals surface area contributed by atoms with E-state index in [2.05, 4.69) is 43.3 Å². The van der Waals surface area contributed by atoms with Gasteiger partial charge in [0.15, 0.2) is 0 Å². The van der Waals surface area contributed by atoms with Crippen LogP contribution in [0.3, 0.4) is 0 Å². The summed E-state index contributed by atoms with van der Waals surface area (Å²) < 4.78 is 17.9. The molecule has 2 aromatic carbocycles. The highest BCUT2D eigenvalue weighted by atomic mass is 31.2. The molecule has 26 heavy (non-hydrogen) atoms. The molecule has 0 aliphatic heterocycles. The summed E-state index contributed by atoms with van der Waals surface area (Å²) in [7, 11) is 0.828. The lowest BCUT2D eigenvalue weighted by Gasteiger charge is -2.30. The fourth-order valence-electron chi connectivity index (χ4n) is 3.26. The standard InChI is InChI=1S/C20H25N2O3P/c1-22(2,15-16-8-5-4-6-9-16)13-12-17-14-21-18-10-7-11-19(20(17)18)25-26(3,23)24/h4-11,14,21H,12-13,15H2,1-3H3/p+1. The number of aromatic amines is 1. The van der Waals surface area contributed by atoms with E-state index >= 15 is 0 Å². The van der Waals surface area contributed by atoms with Gasteiger partial charge in [-0.15, -0.1) is 0 Å². The third-order valence-electron chi connectivity index (χ3n) is 4.46. The van der Waals surface area contributed by atoms with Crippen molar-refractivity contribution in [3.8, 4) is 5.75 Å². The molecule has 1 unspecified atom stereocenters. The van der Waals surface area contributed by atoms with Crippen LogP contribution in [0, 0.1) is 0 Å². The van der Waals surface area contributed by atoms with Gasteiger partial charge in [0, 0.05) is 35.7 Å². The van der Waals surface area contributed by atoms with E-state index in [1.54, 1.807) is 6.07 Å². The van der Waals surface area contributed by atoms with Crippen LogP contribution < -0.4 is 4.52 Å². The zero-order valence-electron chi connectivity index (χ0n) is 15.5. The topological polar surface area (TPSA) is 62.3 Å². The second-order valence-corrected chi connectivity index (χ2v) is 9.23. The van der Waals surface area contributed by atoms with Crippen molar-refractivity contribution in [1.82, 2.24) is 4.98 Å². The van der Waals surface area contributed by atoms with Crippen LogP contribution in [-0.4, -0.2) is 41.7 Å². The van der Waals surface area contributed by atoms with E-state index in [0.717, 1.165) is 40.5 Å². The molecule has 0 bridgehead atoms. The van der Waals surface area contributed by atoms with Crippen LogP contribution in [0.2, 0.25) is 0 Å². The fraction of sp³-hybridized carbons (Fsp3) is 0.300. The second kappa shape index (κ2) is 7.28. The number of benzene rings is 2. The Kier molecular flexibility index (Phi) is 5.24. The molecule has 3 aromatic rings. The average molecular weight is 373 g/mol. The molecule has 0 aliphatic rings. The van der Waals surface area contributed by atoms with Crippen LogP contribution in [0.5, 0.6) is 5.75 Å². The predicted molar refractivity (Wildman–Crippen MR) is 106 cm³/mol. The summed E-state index contributed by atoms with van der Waals surface area (Å²) in [4.78, 5) is 12.8. The van der Waals surface area contributed by atoms with E-state index < -0.39 is 7.60 Å². The van der Waals surface area contributed by atoms with Gasteiger partial charge < -0.3 is 18.9 Å². The Morgan fingerprint density at radius 2 is 1.85 bits per heavy atom. The first-order valence-electron chi connectivity index (χ1n) is 8.68. The van der Waals surface area contributed by atoms with Gasteiger partial charge in [0.1, 0.15) is 12.3 Å². The Labute approximate surface area is 154 Å². The average Bonchev–Trinajstić information content (AvgIpc) is 2.96. The lowest BCUT2D eigenvalue weighted by Crippen LogP contribution is -2.40. The molecular weight excluding hydrogens is 347 g/mol. The molecule has 1 atom stereocenters. The number of likely N-dealkylation sites (N-methyl/N-ethyl adjacent to an activating group) is 1. The molecular formula is C20H26N2O3P+. The summed E-state index contributed by atoms with van der Waals surface area (Å²) in [6.45, 7) is 3.10. The Morgan fingerprint density at radius 1 is 1.12 bits per heavy atom. The summed E-state index contributed by atoms with van der Waals surface area (Å²) in [5.41, 5.74) is 3.33. The van der Waals surface area contributed by atoms with Crippen molar-refractivity contribution in [2.45, 2.75) is 13.0 Å². The summed E-state index contributed by atoms with van der Waals surface area (Å²) >= 11 is 0. The summed E-state index contributed by atoms with van der Waals surface area (Å²) in [5, 5.41) is 0.892. The molecule has 0 spiro atoms. The van der Waals surface area contributed by atoms with E-state index in [4.69, 9.17) is 4.52 Å². The van der Waals surface area contributed by atoms with E-state index in [0.29, 0.717) is 5.75 Å². The molecule has 0 fully saturated rings. The first-order valence-corrected chi connectivity index (χ1v) is 10.7. The number of hydrogen-bond acceptors (Lipinski definition) is 2. The SMILES string of the molecule is C[N+](C)(CCc1c[nH]c2cccc(OP(C)(=O)O)c12)Cc1ccccc1. The maximum Gasteiger partial charge on any atom is 0.373 e. The lowest BCUT2D eigenvalue weighted by molar-refractivity contribution is -0.903. The number of H-pyrrole nitrogens is 1. The molecule has 2 N–H and O–H groups in total. The van der Waals surface area contributed by atoms with Gasteiger partial charge in [-0.3, -0.25) is 0 Å². The highest BCUT2D eigenvalue weighted by molar-refractivity contribution is 7.52. The van der Waals surface area contributed by atoms with Crippen molar-refractivity contribution in [1.29, 1.82) is 0 Å². The normalized spacial score (nSPS) is 14.3. The quantitative estimate of drug-likeness (QED) is 0.482. The predicted octanol–water partition coefficient (Wildman–Crippen LogP) is 4.18. The fourth-order valence-corrected chi connectivity index (χ4v) is 3.77. The van der Waals surface area contributed by atoms with Crippen molar-refractivity contribution in [3.05, 3.63) is 65.9 Å². The third-order valence-corrected chi connectivity index (χ3v) is 4.99. The zero-order valence-corrected chi connectivity index (χ0v) is 16.4. The van der Waals surface area contributed by atoms with E-state index in [-0.39, 0.29) is 0 Å². The van der Waals surface area contributed by atoms with Gasteiger partial charge in [0.25, 0.3) is 0 Å². The van der Waals surface area contributed by atoms with Crippen LogP contribution in [0.25, 0.3) is 10.9 Å². The van der Waals surface area contributed by atoms with Crippen molar-refractivity contribution in [2.24, 2.45) is 0 Å². The molecule has 0 saturated heterocycles. The van der Waals surface area contributed by atoms with Gasteiger partial charge >= 0.3 is 7.60 Å². The third kappa shape index (κ3) is 4.76. The minimum atomic E-state index is -3.60. The van der Waals surface area contributed by atoms with Crippen LogP contribution in [0.15, 0.2) is 54.7 Å². The lowest BCUT2D eigenvalue weighted by atomic mass is 10.1. The van der Waals surface area contributed by atoms with Crippen LogP contribution >= 0.6 is 7.60 Å². The first kappa shape index (κ1) is 18.7. The van der Waals surface area contributed by atoms with Crippen molar-refractivity contribution in [3.63, 3.8) is 0 Å². The molecule has 3 rings (SSSR count). The van der Waals surface area contributed by atoms with E-state index in [1.165, 1.54) is 12.2 Å². The first-order chi connectivity index (χ1) is 12.2. The van der Waals surface area contributed by atoms with Gasteiger partial charge in [-0.2, -0.15) is 0 Å². The zero-order chi connectivity index (χ0) is 18.8. The van der Waals surface area contributed by atoms with Crippen molar-refractivity contribution in [2.75, 3.05) is 27.3 Å². The molecule has 1 heterocycles. The van der Waals surface area contributed by atoms with Gasteiger partial charge in [-0.05, 0) is 17.7 Å². The Bertz CT molecular complexity index is 929. The Balaban J connectivity index is 1.79. The second-order valence-electron chi connectivity index (χ2n) is 7.44. The molecule has 0 radical (unpaired) electrons. The molecule has 0 saturated carbocycles. The Hall–Kier alpha value is -2.07. The number of rotatable bonds is 7. The number of aromatic nitrogens is 1. The molecule has 0 aliphatic carbocycles. The Morgan fingerprint density at radius 3 is 2.54 bits per heavy atom. The van der Waals surface area contributed by atoms with Crippen LogP contribution in [-0.2, 0) is 17.5 Å². The van der Waals surface area contributed by atoms with Crippen molar-refractivity contribution < 1.29 is 18.5 Å². The molecule has 5 nitrogen and oxygen atoms in total. The van der Waals surface area contributed by atoms with Gasteiger partial charge in [-0.25, -0.2) is 4.57 Å². The van der Waals surface area contributed by atoms with Crippen LogP contribution in [0.1, 0.15) is 11.1 Å². The highest BCUT2D eigenvalue weighted by Gasteiger charge is 2.20. The maximum absolute atomic E-state index is 11.7. The van der Waals surface area contributed by atoms with E-state index in [9.17, 15) is 9.46 Å². The summed E-state index contributed by atoms with van der Waals surface area (Å²) in [6, 6.07) is 16.0. The highest BCUT2D eigenvalue weighted by Crippen LogP contribution is 2.42. The molecule has 138 valence electrons. The number of nitrogens with zero attached hydrogens (tertiary/aromatic N) is 1. The molecule has 0 amide bonds. The number of quaternary nitrogens is 1. The van der Waals surface area contributed by atoms with Gasteiger partial charge in [0.2, 0.25) is 0 Å². The van der Waals surface area contributed by atoms with E-state index in [1.807, 2.05) is 24.4 Å².